The number of rotatable bonds is 1. The summed E-state index contributed by atoms with van der Waals surface area (Å²) < 4.78 is 5.86. The summed E-state index contributed by atoms with van der Waals surface area (Å²) in [4.78, 5) is 10.6. The van der Waals surface area contributed by atoms with Gasteiger partial charge in [-0.2, -0.15) is 0 Å². The molecule has 0 aliphatic carbocycles. The number of benzene rings is 1. The normalized spacial score (nSPS) is 16.9. The van der Waals surface area contributed by atoms with Gasteiger partial charge in [0.25, 0.3) is 0 Å². The third-order valence-electron chi connectivity index (χ3n) is 3.58. The van der Waals surface area contributed by atoms with E-state index in [1.807, 2.05) is 20.8 Å². The summed E-state index contributed by atoms with van der Waals surface area (Å²) in [5.41, 5.74) is 1.28. The Labute approximate surface area is 106 Å². The van der Waals surface area contributed by atoms with E-state index in [4.69, 9.17) is 4.74 Å². The number of nitro groups is 1. The van der Waals surface area contributed by atoms with Crippen LogP contribution in [-0.4, -0.2) is 15.6 Å². The van der Waals surface area contributed by atoms with Crippen molar-refractivity contribution >= 4 is 5.69 Å². The maximum absolute atomic E-state index is 11.1. The molecule has 0 saturated heterocycles. The molecular formula is C13H17NO4. The minimum Gasteiger partial charge on any atom is -0.502 e. The molecule has 0 fully saturated rings. The van der Waals surface area contributed by atoms with Gasteiger partial charge in [-0.25, -0.2) is 0 Å². The summed E-state index contributed by atoms with van der Waals surface area (Å²) in [5, 5.41) is 21.0. The fourth-order valence-corrected chi connectivity index (χ4v) is 2.32. The summed E-state index contributed by atoms with van der Waals surface area (Å²) in [5.74, 6) is 0.327. The van der Waals surface area contributed by atoms with Crippen LogP contribution in [0.4, 0.5) is 5.69 Å². The van der Waals surface area contributed by atoms with Crippen LogP contribution in [0.25, 0.3) is 0 Å². The third kappa shape index (κ3) is 1.79. The van der Waals surface area contributed by atoms with Crippen LogP contribution in [-0.2, 0) is 6.42 Å². The average molecular weight is 251 g/mol. The van der Waals surface area contributed by atoms with Crippen molar-refractivity contribution in [3.8, 4) is 11.5 Å². The highest BCUT2D eigenvalue weighted by atomic mass is 16.6. The van der Waals surface area contributed by atoms with Gasteiger partial charge in [0.05, 0.1) is 10.5 Å². The smallest absolute Gasteiger partial charge is 0.317 e. The van der Waals surface area contributed by atoms with E-state index in [0.717, 1.165) is 5.56 Å². The van der Waals surface area contributed by atoms with Gasteiger partial charge in [0.2, 0.25) is 0 Å². The molecule has 0 saturated carbocycles. The molecule has 0 unspecified atom stereocenters. The lowest BCUT2D eigenvalue weighted by Crippen LogP contribution is -2.33. The van der Waals surface area contributed by atoms with Gasteiger partial charge in [0.15, 0.2) is 5.75 Å². The van der Waals surface area contributed by atoms with Crippen molar-refractivity contribution in [2.24, 2.45) is 0 Å². The van der Waals surface area contributed by atoms with Crippen LogP contribution in [0.3, 0.4) is 0 Å². The molecule has 98 valence electrons. The highest BCUT2D eigenvalue weighted by Gasteiger charge is 2.36. The lowest BCUT2D eigenvalue weighted by atomic mass is 9.90. The van der Waals surface area contributed by atoms with Gasteiger partial charge in [0, 0.05) is 5.56 Å². The summed E-state index contributed by atoms with van der Waals surface area (Å²) >= 11 is 0. The van der Waals surface area contributed by atoms with E-state index in [1.54, 1.807) is 6.92 Å². The Morgan fingerprint density at radius 2 is 1.94 bits per heavy atom. The zero-order valence-electron chi connectivity index (χ0n) is 11.0. The Morgan fingerprint density at radius 1 is 1.33 bits per heavy atom. The van der Waals surface area contributed by atoms with Crippen molar-refractivity contribution in [1.82, 2.24) is 0 Å². The van der Waals surface area contributed by atoms with Crippen LogP contribution in [0.15, 0.2) is 0 Å². The second kappa shape index (κ2) is 3.86. The monoisotopic (exact) mass is 251 g/mol. The Kier molecular flexibility index (Phi) is 2.72. The number of hydrogen-bond acceptors (Lipinski definition) is 4. The van der Waals surface area contributed by atoms with Gasteiger partial charge in [-0.05, 0) is 46.1 Å². The van der Waals surface area contributed by atoms with Crippen LogP contribution in [0, 0.1) is 24.0 Å². The highest BCUT2D eigenvalue weighted by Crippen LogP contribution is 2.47. The number of phenolic OH excluding ortho intramolecular Hbond substituents is 1. The Balaban J connectivity index is 2.74. The first-order chi connectivity index (χ1) is 8.24. The van der Waals surface area contributed by atoms with E-state index in [9.17, 15) is 15.2 Å². The number of hydrogen-bond donors (Lipinski definition) is 1. The molecule has 0 radical (unpaired) electrons. The second-order valence-electron chi connectivity index (χ2n) is 5.37. The van der Waals surface area contributed by atoms with Gasteiger partial charge in [0.1, 0.15) is 11.4 Å². The topological polar surface area (TPSA) is 72.6 Å². The Hall–Kier alpha value is -1.78. The van der Waals surface area contributed by atoms with E-state index < -0.39 is 4.92 Å². The van der Waals surface area contributed by atoms with E-state index in [-0.39, 0.29) is 17.0 Å². The average Bonchev–Trinajstić information content (AvgIpc) is 2.26. The molecule has 5 nitrogen and oxygen atoms in total. The summed E-state index contributed by atoms with van der Waals surface area (Å²) in [6.07, 6.45) is 1.25. The molecule has 2 rings (SSSR count). The van der Waals surface area contributed by atoms with Crippen LogP contribution in [0.1, 0.15) is 37.0 Å². The molecule has 1 aromatic rings. The standard InChI is InChI=1S/C13H17NO4/c1-7-8(2)12-9(5-6-13(3,4)18-12)10(11(7)15)14(16)17/h15H,5-6H2,1-4H3. The predicted molar refractivity (Wildman–Crippen MR) is 67.3 cm³/mol. The molecule has 5 heteroatoms. The molecule has 1 aliphatic rings. The summed E-state index contributed by atoms with van der Waals surface area (Å²) in [7, 11) is 0. The maximum Gasteiger partial charge on any atom is 0.317 e. The lowest BCUT2D eigenvalue weighted by Gasteiger charge is -2.33. The van der Waals surface area contributed by atoms with Crippen molar-refractivity contribution in [3.63, 3.8) is 0 Å². The molecule has 0 spiro atoms. The van der Waals surface area contributed by atoms with Crippen LogP contribution >= 0.6 is 0 Å². The third-order valence-corrected chi connectivity index (χ3v) is 3.58. The van der Waals surface area contributed by atoms with Gasteiger partial charge in [-0.3, -0.25) is 10.1 Å². The molecule has 1 N–H and O–H groups in total. The fraction of sp³-hybridized carbons (Fsp3) is 0.538. The number of ether oxygens (including phenoxy) is 1. The highest BCUT2D eigenvalue weighted by molar-refractivity contribution is 5.66. The molecule has 0 amide bonds. The molecule has 1 heterocycles. The molecule has 1 aliphatic heterocycles. The fourth-order valence-electron chi connectivity index (χ4n) is 2.32. The molecule has 0 atom stereocenters. The SMILES string of the molecule is Cc1c(C)c2c(c([N+](=O)[O-])c1O)CCC(C)(C)O2. The molecule has 0 aromatic heterocycles. The quantitative estimate of drug-likeness (QED) is 0.615. The van der Waals surface area contributed by atoms with E-state index >= 15 is 0 Å². The first kappa shape index (κ1) is 12.7. The van der Waals surface area contributed by atoms with E-state index in [0.29, 0.717) is 29.7 Å². The zero-order chi connectivity index (χ0) is 13.7. The Bertz CT molecular complexity index is 535. The van der Waals surface area contributed by atoms with Crippen LogP contribution < -0.4 is 4.74 Å². The van der Waals surface area contributed by atoms with Gasteiger partial charge < -0.3 is 9.84 Å². The minimum atomic E-state index is -0.526. The minimum absolute atomic E-state index is 0.205. The van der Waals surface area contributed by atoms with Crippen molar-refractivity contribution < 1.29 is 14.8 Å². The number of phenols is 1. The largest absolute Gasteiger partial charge is 0.502 e. The van der Waals surface area contributed by atoms with E-state index in [2.05, 4.69) is 0 Å². The van der Waals surface area contributed by atoms with Gasteiger partial charge in [-0.15, -0.1) is 0 Å². The molecular weight excluding hydrogens is 234 g/mol. The predicted octanol–water partition coefficient (Wildman–Crippen LogP) is 3.02. The van der Waals surface area contributed by atoms with Crippen molar-refractivity contribution in [3.05, 3.63) is 26.8 Å². The van der Waals surface area contributed by atoms with E-state index in [1.165, 1.54) is 0 Å². The maximum atomic E-state index is 11.1. The summed E-state index contributed by atoms with van der Waals surface area (Å²) in [6.45, 7) is 7.41. The van der Waals surface area contributed by atoms with Crippen LogP contribution in [0.2, 0.25) is 0 Å². The van der Waals surface area contributed by atoms with Crippen molar-refractivity contribution in [2.45, 2.75) is 46.1 Å². The van der Waals surface area contributed by atoms with Gasteiger partial charge >= 0.3 is 5.69 Å². The first-order valence-corrected chi connectivity index (χ1v) is 5.93. The molecule has 0 bridgehead atoms. The molecule has 18 heavy (non-hydrogen) atoms. The van der Waals surface area contributed by atoms with Crippen molar-refractivity contribution in [2.75, 3.05) is 0 Å². The number of fused-ring (bicyclic) bond motifs is 1. The van der Waals surface area contributed by atoms with Crippen molar-refractivity contribution in [1.29, 1.82) is 0 Å². The number of nitro benzene ring substituents is 1. The number of aromatic hydroxyl groups is 1. The first-order valence-electron chi connectivity index (χ1n) is 5.93. The van der Waals surface area contributed by atoms with Gasteiger partial charge in [-0.1, -0.05) is 0 Å². The Morgan fingerprint density at radius 3 is 2.50 bits per heavy atom. The zero-order valence-corrected chi connectivity index (χ0v) is 11.0. The molecule has 1 aromatic carbocycles. The lowest BCUT2D eigenvalue weighted by molar-refractivity contribution is -0.386. The second-order valence-corrected chi connectivity index (χ2v) is 5.37. The van der Waals surface area contributed by atoms with Crippen LogP contribution in [0.5, 0.6) is 11.5 Å². The number of nitrogens with zero attached hydrogens (tertiary/aromatic N) is 1. The summed E-state index contributed by atoms with van der Waals surface area (Å²) in [6, 6.07) is 0.